The average Bonchev–Trinajstić information content (AvgIpc) is 3.33. The van der Waals surface area contributed by atoms with Gasteiger partial charge >= 0.3 is 5.97 Å². The Morgan fingerprint density at radius 2 is 1.76 bits per heavy atom. The van der Waals surface area contributed by atoms with Gasteiger partial charge in [0.05, 0.1) is 25.3 Å². The molecule has 198 valence electrons. The molecule has 1 heterocycles. The van der Waals surface area contributed by atoms with Crippen LogP contribution >= 0.6 is 0 Å². The molecule has 0 amide bonds. The summed E-state index contributed by atoms with van der Waals surface area (Å²) in [5, 5.41) is 13.0. The third kappa shape index (κ3) is 5.43. The number of aliphatic hydroxyl groups is 1. The standard InChI is InChI=1S/C31H35N3O4/c1-4-26(33-3)28(25(32)19-35)24-15-9-14-22-23(30(34-29(22)24)31(36)37-5-2)16-10-18-38-27-17-8-12-20-11-6-7-13-21(20)27/h6-9,11-15,17,34-35H,4-5,10,16,18-19,32H2,1-3H3. The number of aliphatic hydroxyl groups excluding tert-OH is 1. The Morgan fingerprint density at radius 3 is 2.50 bits per heavy atom. The van der Waals surface area contributed by atoms with E-state index >= 15 is 0 Å². The number of aliphatic imine (C=N–C) groups is 1. The second-order valence-corrected chi connectivity index (χ2v) is 8.94. The van der Waals surface area contributed by atoms with Crippen LogP contribution in [0.2, 0.25) is 0 Å². The van der Waals surface area contributed by atoms with Crippen molar-refractivity contribution in [1.29, 1.82) is 0 Å². The second kappa shape index (κ2) is 12.4. The van der Waals surface area contributed by atoms with Gasteiger partial charge in [-0.25, -0.2) is 4.79 Å². The normalized spacial score (nSPS) is 12.6. The van der Waals surface area contributed by atoms with Gasteiger partial charge in [-0.15, -0.1) is 0 Å². The van der Waals surface area contributed by atoms with Crippen LogP contribution in [0.5, 0.6) is 5.75 Å². The molecule has 4 N–H and O–H groups in total. The van der Waals surface area contributed by atoms with E-state index < -0.39 is 5.97 Å². The first kappa shape index (κ1) is 26.9. The van der Waals surface area contributed by atoms with Crippen LogP contribution in [0.4, 0.5) is 0 Å². The molecule has 7 nitrogen and oxygen atoms in total. The first-order valence-electron chi connectivity index (χ1n) is 13.0. The van der Waals surface area contributed by atoms with Gasteiger partial charge in [0.25, 0.3) is 0 Å². The highest BCUT2D eigenvalue weighted by Gasteiger charge is 2.23. The summed E-state index contributed by atoms with van der Waals surface area (Å²) in [6, 6.07) is 20.0. The van der Waals surface area contributed by atoms with E-state index in [1.54, 1.807) is 14.0 Å². The van der Waals surface area contributed by atoms with Crippen LogP contribution in [0.25, 0.3) is 27.2 Å². The lowest BCUT2D eigenvalue weighted by Gasteiger charge is -2.14. The monoisotopic (exact) mass is 513 g/mol. The molecule has 0 fully saturated rings. The van der Waals surface area contributed by atoms with Crippen molar-refractivity contribution >= 4 is 38.9 Å². The molecular formula is C31H35N3O4. The molecule has 0 radical (unpaired) electrons. The van der Waals surface area contributed by atoms with Crippen molar-refractivity contribution in [3.05, 3.63) is 83.2 Å². The summed E-state index contributed by atoms with van der Waals surface area (Å²) in [6.07, 6.45) is 1.96. The Morgan fingerprint density at radius 1 is 1.03 bits per heavy atom. The highest BCUT2D eigenvalue weighted by Crippen LogP contribution is 2.33. The number of aromatic amines is 1. The molecule has 4 rings (SSSR count). The van der Waals surface area contributed by atoms with Crippen molar-refractivity contribution in [2.45, 2.75) is 33.1 Å². The summed E-state index contributed by atoms with van der Waals surface area (Å²) in [5.41, 5.74) is 10.9. The zero-order valence-electron chi connectivity index (χ0n) is 22.2. The predicted octanol–water partition coefficient (Wildman–Crippen LogP) is 5.65. The molecular weight excluding hydrogens is 478 g/mol. The fourth-order valence-corrected chi connectivity index (χ4v) is 4.91. The van der Waals surface area contributed by atoms with Crippen molar-refractivity contribution < 1.29 is 19.4 Å². The van der Waals surface area contributed by atoms with Gasteiger partial charge in [0.15, 0.2) is 0 Å². The fraction of sp³-hybridized carbons (Fsp3) is 0.290. The number of fused-ring (bicyclic) bond motifs is 2. The first-order chi connectivity index (χ1) is 18.5. The topological polar surface area (TPSA) is 110 Å². The van der Waals surface area contributed by atoms with Crippen molar-refractivity contribution in [2.24, 2.45) is 10.7 Å². The number of hydrogen-bond donors (Lipinski definition) is 3. The van der Waals surface area contributed by atoms with Crippen molar-refractivity contribution in [1.82, 2.24) is 4.98 Å². The number of ether oxygens (including phenoxy) is 2. The lowest BCUT2D eigenvalue weighted by molar-refractivity contribution is 0.0519. The Bertz CT molecular complexity index is 1490. The number of nitrogens with two attached hydrogens (primary N) is 1. The van der Waals surface area contributed by atoms with E-state index in [-0.39, 0.29) is 13.2 Å². The number of hydrogen-bond acceptors (Lipinski definition) is 6. The van der Waals surface area contributed by atoms with E-state index in [0.29, 0.717) is 42.8 Å². The number of nitrogens with one attached hydrogen (secondary N) is 1. The number of rotatable bonds is 11. The lowest BCUT2D eigenvalue weighted by atomic mass is 9.94. The maximum absolute atomic E-state index is 13.0. The highest BCUT2D eigenvalue weighted by molar-refractivity contribution is 6.27. The lowest BCUT2D eigenvalue weighted by Crippen LogP contribution is -2.13. The van der Waals surface area contributed by atoms with Gasteiger partial charge in [0.2, 0.25) is 0 Å². The molecule has 3 aromatic carbocycles. The molecule has 0 atom stereocenters. The van der Waals surface area contributed by atoms with Crippen LogP contribution < -0.4 is 10.5 Å². The van der Waals surface area contributed by atoms with Gasteiger partial charge in [-0.2, -0.15) is 0 Å². The van der Waals surface area contributed by atoms with E-state index in [1.165, 1.54) is 0 Å². The molecule has 4 aromatic rings. The van der Waals surface area contributed by atoms with E-state index in [0.717, 1.165) is 44.3 Å². The maximum Gasteiger partial charge on any atom is 0.355 e. The third-order valence-corrected chi connectivity index (χ3v) is 6.65. The largest absolute Gasteiger partial charge is 0.493 e. The molecule has 0 aliphatic carbocycles. The first-order valence-corrected chi connectivity index (χ1v) is 13.0. The average molecular weight is 514 g/mol. The Labute approximate surface area is 223 Å². The number of para-hydroxylation sites is 1. The van der Waals surface area contributed by atoms with E-state index in [4.69, 9.17) is 15.2 Å². The summed E-state index contributed by atoms with van der Waals surface area (Å²) in [6.45, 7) is 4.25. The van der Waals surface area contributed by atoms with Crippen molar-refractivity contribution in [2.75, 3.05) is 26.9 Å². The third-order valence-electron chi connectivity index (χ3n) is 6.65. The number of carbonyl (C=O) groups is 1. The quantitative estimate of drug-likeness (QED) is 0.136. The number of nitrogens with zero attached hydrogens (tertiary/aromatic N) is 1. The number of esters is 1. The van der Waals surface area contributed by atoms with Crippen molar-refractivity contribution in [3.63, 3.8) is 0 Å². The number of allylic oxidation sites excluding steroid dienone is 1. The number of benzene rings is 3. The molecule has 0 aliphatic rings. The van der Waals surface area contributed by atoms with Gasteiger partial charge in [0.1, 0.15) is 11.4 Å². The number of aromatic nitrogens is 1. The number of H-pyrrole nitrogens is 1. The van der Waals surface area contributed by atoms with Gasteiger partial charge in [-0.05, 0) is 43.2 Å². The van der Waals surface area contributed by atoms with Crippen molar-refractivity contribution in [3.8, 4) is 5.75 Å². The highest BCUT2D eigenvalue weighted by atomic mass is 16.5. The maximum atomic E-state index is 13.0. The minimum absolute atomic E-state index is 0.274. The van der Waals surface area contributed by atoms with Crippen LogP contribution in [0.3, 0.4) is 0 Å². The SMILES string of the molecule is CCOC(=O)c1[nH]c2c(C(C(CC)=NC)=C(N)CO)cccc2c1CCCOc1cccc2ccccc12. The van der Waals surface area contributed by atoms with Crippen LogP contribution in [0, 0.1) is 0 Å². The minimum atomic E-state index is -0.403. The van der Waals surface area contributed by atoms with Crippen LogP contribution in [-0.2, 0) is 11.2 Å². The zero-order chi connectivity index (χ0) is 27.1. The van der Waals surface area contributed by atoms with Crippen LogP contribution in [0.15, 0.2) is 71.4 Å². The van der Waals surface area contributed by atoms with Crippen LogP contribution in [0.1, 0.15) is 48.3 Å². The van der Waals surface area contributed by atoms with Gasteiger partial charge in [-0.3, -0.25) is 4.99 Å². The predicted molar refractivity (Wildman–Crippen MR) is 154 cm³/mol. The Hall–Kier alpha value is -4.10. The second-order valence-electron chi connectivity index (χ2n) is 8.94. The molecule has 0 unspecified atom stereocenters. The Kier molecular flexibility index (Phi) is 8.81. The van der Waals surface area contributed by atoms with E-state index in [2.05, 4.69) is 28.2 Å². The zero-order valence-corrected chi connectivity index (χ0v) is 22.2. The van der Waals surface area contributed by atoms with Crippen LogP contribution in [-0.4, -0.2) is 48.6 Å². The van der Waals surface area contributed by atoms with E-state index in [1.807, 2.05) is 49.4 Å². The number of carbonyl (C=O) groups excluding carboxylic acids is 1. The molecule has 0 bridgehead atoms. The summed E-state index contributed by atoms with van der Waals surface area (Å²) in [5.74, 6) is 0.440. The van der Waals surface area contributed by atoms with Gasteiger partial charge in [0, 0.05) is 40.4 Å². The molecule has 0 spiro atoms. The smallest absolute Gasteiger partial charge is 0.355 e. The summed E-state index contributed by atoms with van der Waals surface area (Å²) < 4.78 is 11.5. The van der Waals surface area contributed by atoms with E-state index in [9.17, 15) is 9.90 Å². The summed E-state index contributed by atoms with van der Waals surface area (Å²) in [7, 11) is 1.71. The molecule has 7 heteroatoms. The van der Waals surface area contributed by atoms with Gasteiger partial charge < -0.3 is 25.3 Å². The molecule has 0 aliphatic heterocycles. The minimum Gasteiger partial charge on any atom is -0.493 e. The summed E-state index contributed by atoms with van der Waals surface area (Å²) in [4.78, 5) is 20.7. The Balaban J connectivity index is 1.69. The molecule has 0 saturated heterocycles. The number of aryl methyl sites for hydroxylation is 1. The molecule has 38 heavy (non-hydrogen) atoms. The molecule has 0 saturated carbocycles. The summed E-state index contributed by atoms with van der Waals surface area (Å²) >= 11 is 0. The fourth-order valence-electron chi connectivity index (χ4n) is 4.91. The molecule has 1 aromatic heterocycles. The van der Waals surface area contributed by atoms with Gasteiger partial charge in [-0.1, -0.05) is 61.5 Å².